The summed E-state index contributed by atoms with van der Waals surface area (Å²) in [5.74, 6) is 6.33. The van der Waals surface area contributed by atoms with Crippen LogP contribution in [0.4, 0.5) is 5.69 Å². The fourth-order valence-electron chi connectivity index (χ4n) is 2.40. The molecule has 0 aliphatic carbocycles. The van der Waals surface area contributed by atoms with E-state index in [4.69, 9.17) is 17.4 Å². The number of aromatic nitrogens is 3. The first-order valence-corrected chi connectivity index (χ1v) is 9.66. The first-order chi connectivity index (χ1) is 13.3. The molecule has 0 radical (unpaired) electrons. The molecule has 1 heterocycles. The standard InChI is InChI=1S/C19H18ClN5O2S/c1-11(26)13-5-9-16(10-6-13)22-18(27)12(2)28-19-24-23-17(25(19)21)14-3-7-15(20)8-4-14/h3-10,12H,21H2,1-2H3,(H,22,27)/t12-/m0/s1. The number of rotatable bonds is 6. The van der Waals surface area contributed by atoms with Gasteiger partial charge in [0.1, 0.15) is 0 Å². The highest BCUT2D eigenvalue weighted by atomic mass is 35.5. The van der Waals surface area contributed by atoms with Crippen molar-refractivity contribution in [3.8, 4) is 11.4 Å². The second-order valence-corrected chi connectivity index (χ2v) is 7.81. The molecule has 0 bridgehead atoms. The zero-order chi connectivity index (χ0) is 20.3. The molecule has 28 heavy (non-hydrogen) atoms. The van der Waals surface area contributed by atoms with Gasteiger partial charge in [-0.3, -0.25) is 9.59 Å². The molecular weight excluding hydrogens is 398 g/mol. The molecule has 0 aliphatic heterocycles. The number of Topliss-reactive ketones (excluding diaryl/α,β-unsaturated/α-hetero) is 1. The van der Waals surface area contributed by atoms with Crippen molar-refractivity contribution in [3.05, 3.63) is 59.1 Å². The van der Waals surface area contributed by atoms with Crippen molar-refractivity contribution in [2.45, 2.75) is 24.3 Å². The Bertz CT molecular complexity index is 1000. The number of nitrogens with two attached hydrogens (primary N) is 1. The van der Waals surface area contributed by atoms with Crippen LogP contribution in [0.1, 0.15) is 24.2 Å². The number of anilines is 1. The summed E-state index contributed by atoms with van der Waals surface area (Å²) in [4.78, 5) is 23.8. The number of nitrogen functional groups attached to an aromatic ring is 1. The van der Waals surface area contributed by atoms with Gasteiger partial charge < -0.3 is 11.2 Å². The van der Waals surface area contributed by atoms with E-state index in [0.29, 0.717) is 27.3 Å². The van der Waals surface area contributed by atoms with Crippen LogP contribution in [0.2, 0.25) is 5.02 Å². The lowest BCUT2D eigenvalue weighted by Crippen LogP contribution is -2.23. The Morgan fingerprint density at radius 1 is 1.11 bits per heavy atom. The molecule has 3 aromatic rings. The van der Waals surface area contributed by atoms with E-state index in [-0.39, 0.29) is 11.7 Å². The Labute approximate surface area is 171 Å². The van der Waals surface area contributed by atoms with E-state index in [0.717, 1.165) is 5.56 Å². The number of hydrogen-bond donors (Lipinski definition) is 2. The highest BCUT2D eigenvalue weighted by Crippen LogP contribution is 2.26. The van der Waals surface area contributed by atoms with Crippen molar-refractivity contribution in [2.75, 3.05) is 11.2 Å². The maximum absolute atomic E-state index is 12.4. The van der Waals surface area contributed by atoms with Crippen molar-refractivity contribution in [1.82, 2.24) is 14.9 Å². The maximum atomic E-state index is 12.4. The Kier molecular flexibility index (Phi) is 6.01. The SMILES string of the molecule is CC(=O)c1ccc(NC(=O)[C@H](C)Sc2nnc(-c3ccc(Cl)cc3)n2N)cc1. The summed E-state index contributed by atoms with van der Waals surface area (Å²) in [5.41, 5.74) is 1.97. The van der Waals surface area contributed by atoms with Crippen molar-refractivity contribution in [3.63, 3.8) is 0 Å². The third-order valence-electron chi connectivity index (χ3n) is 3.98. The van der Waals surface area contributed by atoms with Crippen LogP contribution in [-0.4, -0.2) is 31.8 Å². The predicted molar refractivity (Wildman–Crippen MR) is 111 cm³/mol. The molecule has 144 valence electrons. The first kappa shape index (κ1) is 19.9. The van der Waals surface area contributed by atoms with Crippen LogP contribution in [0, 0.1) is 0 Å². The number of carbonyl (C=O) groups excluding carboxylic acids is 2. The van der Waals surface area contributed by atoms with E-state index in [9.17, 15) is 9.59 Å². The van der Waals surface area contributed by atoms with E-state index in [1.165, 1.54) is 23.4 Å². The van der Waals surface area contributed by atoms with Gasteiger partial charge in [-0.2, -0.15) is 0 Å². The molecule has 0 saturated carbocycles. The fraction of sp³-hybridized carbons (Fsp3) is 0.158. The van der Waals surface area contributed by atoms with Crippen LogP contribution in [0.25, 0.3) is 11.4 Å². The zero-order valence-electron chi connectivity index (χ0n) is 15.2. The number of hydrogen-bond acceptors (Lipinski definition) is 6. The second-order valence-electron chi connectivity index (χ2n) is 6.07. The van der Waals surface area contributed by atoms with E-state index in [1.54, 1.807) is 55.5 Å². The van der Waals surface area contributed by atoms with Gasteiger partial charge in [0.25, 0.3) is 0 Å². The third kappa shape index (κ3) is 4.52. The molecule has 0 spiro atoms. The minimum absolute atomic E-state index is 0.0272. The van der Waals surface area contributed by atoms with E-state index in [1.807, 2.05) is 0 Å². The molecule has 0 saturated heterocycles. The second kappa shape index (κ2) is 8.45. The Balaban J connectivity index is 1.67. The largest absolute Gasteiger partial charge is 0.335 e. The number of amides is 1. The van der Waals surface area contributed by atoms with Crippen LogP contribution in [0.5, 0.6) is 0 Å². The molecule has 0 unspecified atom stereocenters. The van der Waals surface area contributed by atoms with E-state index < -0.39 is 5.25 Å². The molecule has 2 aromatic carbocycles. The molecule has 0 aliphatic rings. The van der Waals surface area contributed by atoms with Crippen LogP contribution >= 0.6 is 23.4 Å². The minimum Gasteiger partial charge on any atom is -0.335 e. The lowest BCUT2D eigenvalue weighted by Gasteiger charge is -2.12. The summed E-state index contributed by atoms with van der Waals surface area (Å²) in [6, 6.07) is 13.8. The van der Waals surface area contributed by atoms with Gasteiger partial charge in [0.15, 0.2) is 11.6 Å². The topological polar surface area (TPSA) is 103 Å². The summed E-state index contributed by atoms with van der Waals surface area (Å²) in [5, 5.41) is 11.6. The number of ketones is 1. The van der Waals surface area contributed by atoms with Gasteiger partial charge in [-0.05, 0) is 62.4 Å². The van der Waals surface area contributed by atoms with Crippen molar-refractivity contribution < 1.29 is 9.59 Å². The van der Waals surface area contributed by atoms with Gasteiger partial charge in [-0.15, -0.1) is 10.2 Å². The average Bonchev–Trinajstić information content (AvgIpc) is 3.03. The average molecular weight is 416 g/mol. The normalized spacial score (nSPS) is 11.8. The first-order valence-electron chi connectivity index (χ1n) is 8.40. The lowest BCUT2D eigenvalue weighted by molar-refractivity contribution is -0.115. The maximum Gasteiger partial charge on any atom is 0.237 e. The third-order valence-corrected chi connectivity index (χ3v) is 5.29. The van der Waals surface area contributed by atoms with Gasteiger partial charge in [0.05, 0.1) is 5.25 Å². The molecule has 1 atom stereocenters. The number of thioether (sulfide) groups is 1. The number of halogens is 1. The summed E-state index contributed by atoms with van der Waals surface area (Å²) in [6.07, 6.45) is 0. The van der Waals surface area contributed by atoms with E-state index in [2.05, 4.69) is 15.5 Å². The number of benzene rings is 2. The smallest absolute Gasteiger partial charge is 0.237 e. The van der Waals surface area contributed by atoms with Gasteiger partial charge >= 0.3 is 0 Å². The highest BCUT2D eigenvalue weighted by molar-refractivity contribution is 8.00. The minimum atomic E-state index is -0.461. The lowest BCUT2D eigenvalue weighted by atomic mass is 10.1. The van der Waals surface area contributed by atoms with Gasteiger partial charge in [0.2, 0.25) is 11.1 Å². The van der Waals surface area contributed by atoms with Gasteiger partial charge in [0, 0.05) is 21.8 Å². The van der Waals surface area contributed by atoms with Gasteiger partial charge in [-0.25, -0.2) is 4.68 Å². The van der Waals surface area contributed by atoms with Crippen molar-refractivity contribution in [1.29, 1.82) is 0 Å². The molecule has 3 N–H and O–H groups in total. The van der Waals surface area contributed by atoms with Gasteiger partial charge in [-0.1, -0.05) is 23.4 Å². The molecule has 0 fully saturated rings. The van der Waals surface area contributed by atoms with E-state index >= 15 is 0 Å². The number of carbonyl (C=O) groups is 2. The fourth-order valence-corrected chi connectivity index (χ4v) is 3.29. The summed E-state index contributed by atoms with van der Waals surface area (Å²) >= 11 is 7.10. The molecule has 3 rings (SSSR count). The predicted octanol–water partition coefficient (Wildman–Crippen LogP) is 3.63. The van der Waals surface area contributed by atoms with Crippen molar-refractivity contribution >= 4 is 40.7 Å². The summed E-state index contributed by atoms with van der Waals surface area (Å²) in [6.45, 7) is 3.24. The van der Waals surface area contributed by atoms with Crippen molar-refractivity contribution in [2.24, 2.45) is 0 Å². The molecule has 9 heteroatoms. The Hall–Kier alpha value is -2.84. The van der Waals surface area contributed by atoms with Crippen LogP contribution < -0.4 is 11.2 Å². The summed E-state index contributed by atoms with van der Waals surface area (Å²) in [7, 11) is 0. The Morgan fingerprint density at radius 3 is 2.36 bits per heavy atom. The monoisotopic (exact) mass is 415 g/mol. The van der Waals surface area contributed by atoms with Crippen LogP contribution in [-0.2, 0) is 4.79 Å². The van der Waals surface area contributed by atoms with Crippen LogP contribution in [0.3, 0.4) is 0 Å². The number of nitrogens with one attached hydrogen (secondary N) is 1. The molecular formula is C19H18ClN5O2S. The molecule has 7 nitrogen and oxygen atoms in total. The zero-order valence-corrected chi connectivity index (χ0v) is 16.8. The molecule has 1 amide bonds. The quantitative estimate of drug-likeness (QED) is 0.362. The molecule has 1 aromatic heterocycles. The Morgan fingerprint density at radius 2 is 1.75 bits per heavy atom. The highest BCUT2D eigenvalue weighted by Gasteiger charge is 2.20. The van der Waals surface area contributed by atoms with Crippen LogP contribution in [0.15, 0.2) is 53.7 Å². The summed E-state index contributed by atoms with van der Waals surface area (Å²) < 4.78 is 1.35. The number of nitrogens with zero attached hydrogens (tertiary/aromatic N) is 3.